The van der Waals surface area contributed by atoms with Gasteiger partial charge in [-0.3, -0.25) is 18.7 Å². The molecular weight excluding hydrogens is 378 g/mol. The number of ether oxygens (including phenoxy) is 1. The second kappa shape index (κ2) is 7.15. The van der Waals surface area contributed by atoms with Crippen molar-refractivity contribution in [2.45, 2.75) is 26.0 Å². The van der Waals surface area contributed by atoms with Crippen LogP contribution in [-0.4, -0.2) is 58.7 Å². The zero-order chi connectivity index (χ0) is 20.7. The molecule has 1 aliphatic heterocycles. The molecule has 0 saturated carbocycles. The van der Waals surface area contributed by atoms with Crippen LogP contribution in [-0.2, 0) is 25.4 Å². The van der Waals surface area contributed by atoms with Crippen LogP contribution in [0.15, 0.2) is 28.2 Å². The molecule has 4 rings (SSSR count). The van der Waals surface area contributed by atoms with E-state index in [-0.39, 0.29) is 29.7 Å². The molecule has 29 heavy (non-hydrogen) atoms. The Hall–Kier alpha value is -3.50. The van der Waals surface area contributed by atoms with Gasteiger partial charge in [0.15, 0.2) is 11.2 Å². The van der Waals surface area contributed by atoms with E-state index in [0.29, 0.717) is 31.2 Å². The van der Waals surface area contributed by atoms with E-state index in [1.165, 1.54) is 22.5 Å². The van der Waals surface area contributed by atoms with Crippen molar-refractivity contribution in [3.05, 3.63) is 45.3 Å². The average molecular weight is 399 g/mol. The van der Waals surface area contributed by atoms with Crippen molar-refractivity contribution in [2.24, 2.45) is 14.1 Å². The van der Waals surface area contributed by atoms with Crippen molar-refractivity contribution in [3.63, 3.8) is 0 Å². The van der Waals surface area contributed by atoms with Gasteiger partial charge in [-0.25, -0.2) is 14.8 Å². The highest BCUT2D eigenvalue weighted by Gasteiger charge is 2.28. The number of hydrogen-bond donors (Lipinski definition) is 0. The molecule has 1 fully saturated rings. The number of likely N-dealkylation sites (tertiary alicyclic amines) is 1. The molecule has 0 N–H and O–H groups in total. The molecule has 152 valence electrons. The number of carbonyl (C=O) groups excluding carboxylic acids is 1. The van der Waals surface area contributed by atoms with Crippen LogP contribution in [0.3, 0.4) is 0 Å². The Bertz CT molecular complexity index is 1210. The minimum absolute atomic E-state index is 0.0384. The molecule has 1 aliphatic rings. The molecule has 0 bridgehead atoms. The highest BCUT2D eigenvalue weighted by molar-refractivity contribution is 5.79. The number of aromatic nitrogens is 6. The average Bonchev–Trinajstić information content (AvgIpc) is 3.32. The quantitative estimate of drug-likeness (QED) is 0.564. The lowest BCUT2D eigenvalue weighted by Crippen LogP contribution is -2.38. The Balaban J connectivity index is 1.49. The van der Waals surface area contributed by atoms with E-state index in [4.69, 9.17) is 4.74 Å². The summed E-state index contributed by atoms with van der Waals surface area (Å²) in [7, 11) is 2.95. The van der Waals surface area contributed by atoms with Gasteiger partial charge in [0.05, 0.1) is 12.9 Å². The Morgan fingerprint density at radius 2 is 2.03 bits per heavy atom. The van der Waals surface area contributed by atoms with Crippen LogP contribution in [0.4, 0.5) is 0 Å². The summed E-state index contributed by atoms with van der Waals surface area (Å²) in [5.41, 5.74) is -0.451. The smallest absolute Gasteiger partial charge is 0.332 e. The first-order chi connectivity index (χ1) is 13.8. The number of imidazole rings is 1. The molecule has 1 atom stereocenters. The van der Waals surface area contributed by atoms with Crippen molar-refractivity contribution in [1.29, 1.82) is 0 Å². The zero-order valence-electron chi connectivity index (χ0n) is 16.4. The molecule has 0 spiro atoms. The van der Waals surface area contributed by atoms with E-state index in [0.717, 1.165) is 4.57 Å². The summed E-state index contributed by atoms with van der Waals surface area (Å²) in [5.74, 6) is 0.961. The van der Waals surface area contributed by atoms with Crippen LogP contribution in [0.1, 0.15) is 12.2 Å². The monoisotopic (exact) mass is 399 g/mol. The molecule has 3 aromatic rings. The molecule has 0 aliphatic carbocycles. The van der Waals surface area contributed by atoms with Crippen LogP contribution in [0.2, 0.25) is 0 Å². The Labute approximate surface area is 165 Å². The van der Waals surface area contributed by atoms with E-state index < -0.39 is 11.2 Å². The number of carbonyl (C=O) groups is 1. The summed E-state index contributed by atoms with van der Waals surface area (Å²) in [6, 6.07) is 1.69. The Morgan fingerprint density at radius 1 is 1.24 bits per heavy atom. The molecule has 4 heterocycles. The number of fused-ring (bicyclic) bond motifs is 1. The van der Waals surface area contributed by atoms with E-state index in [1.54, 1.807) is 31.1 Å². The first-order valence-corrected chi connectivity index (χ1v) is 9.20. The summed E-state index contributed by atoms with van der Waals surface area (Å²) >= 11 is 0. The molecule has 0 aromatic carbocycles. The van der Waals surface area contributed by atoms with Gasteiger partial charge in [-0.1, -0.05) is 0 Å². The Kier molecular flexibility index (Phi) is 4.65. The lowest BCUT2D eigenvalue weighted by Gasteiger charge is -2.17. The molecular formula is C18H21N7O4. The van der Waals surface area contributed by atoms with Crippen LogP contribution in [0.25, 0.3) is 11.2 Å². The van der Waals surface area contributed by atoms with Crippen LogP contribution >= 0.6 is 0 Å². The van der Waals surface area contributed by atoms with Crippen LogP contribution in [0, 0.1) is 6.92 Å². The second-order valence-corrected chi connectivity index (χ2v) is 7.06. The number of hydrogen-bond acceptors (Lipinski definition) is 7. The van der Waals surface area contributed by atoms with E-state index in [9.17, 15) is 14.4 Å². The van der Waals surface area contributed by atoms with Gasteiger partial charge in [0.1, 0.15) is 18.5 Å². The number of nitrogens with zero attached hydrogens (tertiary/aromatic N) is 7. The lowest BCUT2D eigenvalue weighted by molar-refractivity contribution is -0.131. The maximum Gasteiger partial charge on any atom is 0.332 e. The summed E-state index contributed by atoms with van der Waals surface area (Å²) in [4.78, 5) is 51.4. The lowest BCUT2D eigenvalue weighted by atomic mass is 10.3. The normalized spacial score (nSPS) is 16.5. The van der Waals surface area contributed by atoms with Gasteiger partial charge in [0.25, 0.3) is 5.56 Å². The fraction of sp³-hybridized carbons (Fsp3) is 0.444. The van der Waals surface area contributed by atoms with E-state index >= 15 is 0 Å². The zero-order valence-corrected chi connectivity index (χ0v) is 16.4. The van der Waals surface area contributed by atoms with Crippen molar-refractivity contribution in [2.75, 3.05) is 13.1 Å². The van der Waals surface area contributed by atoms with Gasteiger partial charge < -0.3 is 14.2 Å². The minimum atomic E-state index is -0.477. The third kappa shape index (κ3) is 3.39. The van der Waals surface area contributed by atoms with Crippen LogP contribution < -0.4 is 16.0 Å². The number of rotatable bonds is 4. The summed E-state index contributed by atoms with van der Waals surface area (Å²) in [6.07, 6.45) is 3.59. The summed E-state index contributed by atoms with van der Waals surface area (Å²) in [5, 5.41) is 0. The second-order valence-electron chi connectivity index (χ2n) is 7.06. The first-order valence-electron chi connectivity index (χ1n) is 9.20. The number of amides is 1. The van der Waals surface area contributed by atoms with Gasteiger partial charge in [-0.05, 0) is 6.92 Å². The van der Waals surface area contributed by atoms with Crippen molar-refractivity contribution in [1.82, 2.24) is 33.6 Å². The molecule has 0 unspecified atom stereocenters. The summed E-state index contributed by atoms with van der Waals surface area (Å²) in [6.45, 7) is 2.73. The van der Waals surface area contributed by atoms with Gasteiger partial charge in [0, 0.05) is 39.3 Å². The fourth-order valence-corrected chi connectivity index (χ4v) is 3.48. The number of aryl methyl sites for hydroxylation is 2. The molecule has 1 saturated heterocycles. The Morgan fingerprint density at radius 3 is 2.79 bits per heavy atom. The summed E-state index contributed by atoms with van der Waals surface area (Å²) < 4.78 is 9.64. The molecule has 3 aromatic heterocycles. The largest absolute Gasteiger partial charge is 0.472 e. The predicted octanol–water partition coefficient (Wildman–Crippen LogP) is -0.788. The molecule has 1 amide bonds. The van der Waals surface area contributed by atoms with Gasteiger partial charge in [0.2, 0.25) is 11.8 Å². The first kappa shape index (κ1) is 18.8. The highest BCUT2D eigenvalue weighted by Crippen LogP contribution is 2.17. The third-order valence-corrected chi connectivity index (χ3v) is 5.06. The van der Waals surface area contributed by atoms with Gasteiger partial charge in [-0.15, -0.1) is 0 Å². The topological polar surface area (TPSA) is 117 Å². The van der Waals surface area contributed by atoms with Crippen molar-refractivity contribution in [3.8, 4) is 5.88 Å². The van der Waals surface area contributed by atoms with E-state index in [2.05, 4.69) is 15.0 Å². The molecule has 11 nitrogen and oxygen atoms in total. The van der Waals surface area contributed by atoms with Gasteiger partial charge >= 0.3 is 5.69 Å². The van der Waals surface area contributed by atoms with Crippen molar-refractivity contribution >= 4 is 17.1 Å². The molecule has 11 heteroatoms. The van der Waals surface area contributed by atoms with Gasteiger partial charge in [-0.2, -0.15) is 4.98 Å². The predicted molar refractivity (Wildman–Crippen MR) is 103 cm³/mol. The SMILES string of the molecule is Cc1nccc(O[C@H]2CCN(C(=O)Cn3cnc4c3c(=O)n(C)c(=O)n4C)C2)n1. The van der Waals surface area contributed by atoms with Crippen molar-refractivity contribution < 1.29 is 9.53 Å². The minimum Gasteiger partial charge on any atom is -0.472 e. The van der Waals surface area contributed by atoms with Crippen LogP contribution in [0.5, 0.6) is 5.88 Å². The highest BCUT2D eigenvalue weighted by atomic mass is 16.5. The fourth-order valence-electron chi connectivity index (χ4n) is 3.48. The maximum atomic E-state index is 12.8. The standard InChI is InChI=1S/C18H21N7O4/c1-11-19-6-4-13(21-11)29-12-5-7-24(8-12)14(26)9-25-10-20-16-15(25)17(27)23(3)18(28)22(16)2/h4,6,10,12H,5,7-9H2,1-3H3/t12-/m0/s1. The molecule has 0 radical (unpaired) electrons. The van der Waals surface area contributed by atoms with E-state index in [1.807, 2.05) is 0 Å². The maximum absolute atomic E-state index is 12.8. The third-order valence-electron chi connectivity index (χ3n) is 5.06.